The predicted molar refractivity (Wildman–Crippen MR) is 43.9 cm³/mol. The number of hydrogen-bond donors (Lipinski definition) is 0. The molecule has 0 heterocycles. The number of hydrogen-bond acceptors (Lipinski definition) is 3. The molecule has 1 rings (SSSR count). The van der Waals surface area contributed by atoms with Crippen molar-refractivity contribution in [2.45, 2.75) is 18.7 Å². The van der Waals surface area contributed by atoms with Gasteiger partial charge in [0, 0.05) is 0 Å². The molecule has 0 unspecified atom stereocenters. The first-order chi connectivity index (χ1) is 5.39. The summed E-state index contributed by atoms with van der Waals surface area (Å²) >= 11 is 0. The second kappa shape index (κ2) is 5.02. The van der Waals surface area contributed by atoms with Crippen LogP contribution in [-0.4, -0.2) is 13.0 Å². The summed E-state index contributed by atoms with van der Waals surface area (Å²) in [6.45, 7) is 3.50. The molecular weight excluding hydrogens is 215 g/mol. The Hall–Kier alpha value is 0.766. The average Bonchev–Trinajstić information content (AvgIpc) is 1.82. The Morgan fingerprint density at radius 2 is 1.46 bits per heavy atom. The third-order valence-corrected chi connectivity index (χ3v) is 2.30. The largest absolute Gasteiger partial charge is 1.00 e. The summed E-state index contributed by atoms with van der Waals surface area (Å²) in [4.78, 5) is -0.153. The maximum absolute atomic E-state index is 10.6. The van der Waals surface area contributed by atoms with E-state index in [0.29, 0.717) is 0 Å². The van der Waals surface area contributed by atoms with E-state index in [1.807, 2.05) is 6.07 Å². The van der Waals surface area contributed by atoms with Gasteiger partial charge in [-0.25, -0.2) is 8.42 Å². The van der Waals surface area contributed by atoms with Crippen LogP contribution in [0.1, 0.15) is 11.1 Å². The molecule has 0 saturated heterocycles. The van der Waals surface area contributed by atoms with E-state index in [1.165, 1.54) is 12.1 Å². The first-order valence-corrected chi connectivity index (χ1v) is 4.84. The van der Waals surface area contributed by atoms with Crippen LogP contribution in [0.4, 0.5) is 0 Å². The summed E-state index contributed by atoms with van der Waals surface area (Å²) in [7, 11) is -4.30. The van der Waals surface area contributed by atoms with Crippen LogP contribution in [-0.2, 0) is 10.1 Å². The molecule has 0 atom stereocenters. The van der Waals surface area contributed by atoms with Crippen molar-refractivity contribution in [1.29, 1.82) is 0 Å². The van der Waals surface area contributed by atoms with Crippen LogP contribution in [0, 0.1) is 13.8 Å². The number of benzene rings is 1. The third kappa shape index (κ3) is 4.20. The smallest absolute Gasteiger partial charge is 0.744 e. The van der Waals surface area contributed by atoms with Gasteiger partial charge < -0.3 is 4.55 Å². The van der Waals surface area contributed by atoms with Crippen molar-refractivity contribution in [3.8, 4) is 0 Å². The molecule has 0 aromatic heterocycles. The molecule has 0 saturated carbocycles. The van der Waals surface area contributed by atoms with Crippen molar-refractivity contribution in [3.05, 3.63) is 29.3 Å². The van der Waals surface area contributed by atoms with Crippen LogP contribution in [0.25, 0.3) is 0 Å². The Morgan fingerprint density at radius 3 is 1.77 bits per heavy atom. The molecule has 1 aromatic rings. The maximum Gasteiger partial charge on any atom is 1.00 e. The molecule has 1 aromatic carbocycles. The van der Waals surface area contributed by atoms with E-state index in [9.17, 15) is 13.0 Å². The Kier molecular flexibility index (Phi) is 5.31. The van der Waals surface area contributed by atoms with Gasteiger partial charge in [0.1, 0.15) is 10.1 Å². The summed E-state index contributed by atoms with van der Waals surface area (Å²) in [5.41, 5.74) is 1.56. The van der Waals surface area contributed by atoms with Crippen molar-refractivity contribution in [2.24, 2.45) is 0 Å². The molecule has 0 aliphatic rings. The maximum atomic E-state index is 10.6. The summed E-state index contributed by atoms with van der Waals surface area (Å²) in [6.07, 6.45) is 0. The van der Waals surface area contributed by atoms with Gasteiger partial charge in [0.25, 0.3) is 0 Å². The molecule has 0 fully saturated rings. The fraction of sp³-hybridized carbons (Fsp3) is 0.250. The van der Waals surface area contributed by atoms with E-state index < -0.39 is 10.1 Å². The molecule has 0 radical (unpaired) electrons. The Morgan fingerprint density at radius 1 is 1.08 bits per heavy atom. The van der Waals surface area contributed by atoms with E-state index in [4.69, 9.17) is 0 Å². The first kappa shape index (κ1) is 13.8. The van der Waals surface area contributed by atoms with Crippen LogP contribution in [0.3, 0.4) is 0 Å². The van der Waals surface area contributed by atoms with Crippen LogP contribution in [0.15, 0.2) is 23.1 Å². The molecule has 0 N–H and O–H groups in total. The number of rotatable bonds is 1. The second-order valence-corrected chi connectivity index (χ2v) is 4.16. The van der Waals surface area contributed by atoms with Crippen LogP contribution >= 0.6 is 0 Å². The van der Waals surface area contributed by atoms with Gasteiger partial charge in [-0.05, 0) is 37.1 Å². The minimum atomic E-state index is -4.30. The zero-order valence-corrected chi connectivity index (χ0v) is 11.8. The molecule has 0 amide bonds. The summed E-state index contributed by atoms with van der Waals surface area (Å²) < 4.78 is 31.7. The summed E-state index contributed by atoms with van der Waals surface area (Å²) in [5.74, 6) is 0. The molecule has 0 aliphatic heterocycles. The van der Waals surface area contributed by atoms with Crippen molar-refractivity contribution in [2.75, 3.05) is 0 Å². The second-order valence-electron chi connectivity index (χ2n) is 2.78. The standard InChI is InChI=1S/C8H10O3S.K/c1-6-3-7(2)5-8(4-6)12(9,10)11;/h3-5H,1-2H3,(H,9,10,11);/q;+1/p-1. The van der Waals surface area contributed by atoms with E-state index in [2.05, 4.69) is 0 Å². The van der Waals surface area contributed by atoms with Crippen LogP contribution < -0.4 is 51.4 Å². The predicted octanol–water partition coefficient (Wildman–Crippen LogP) is -1.79. The number of aryl methyl sites for hydroxylation is 2. The molecule has 0 spiro atoms. The van der Waals surface area contributed by atoms with Crippen LogP contribution in [0.2, 0.25) is 0 Å². The quantitative estimate of drug-likeness (QED) is 0.418. The van der Waals surface area contributed by atoms with Gasteiger partial charge in [-0.2, -0.15) is 0 Å². The molecule has 5 heteroatoms. The zero-order chi connectivity index (χ0) is 9.35. The SMILES string of the molecule is Cc1cc(C)cc(S(=O)(=O)[O-])c1.[K+]. The molecule has 66 valence electrons. The van der Waals surface area contributed by atoms with Crippen molar-refractivity contribution in [3.63, 3.8) is 0 Å². The topological polar surface area (TPSA) is 57.2 Å². The molecule has 13 heavy (non-hydrogen) atoms. The van der Waals surface area contributed by atoms with E-state index >= 15 is 0 Å². The Labute approximate surface area is 121 Å². The van der Waals surface area contributed by atoms with E-state index in [0.717, 1.165) is 11.1 Å². The van der Waals surface area contributed by atoms with Crippen molar-refractivity contribution in [1.82, 2.24) is 0 Å². The normalized spacial score (nSPS) is 10.7. The molecule has 0 aliphatic carbocycles. The van der Waals surface area contributed by atoms with Gasteiger partial charge in [-0.3, -0.25) is 0 Å². The van der Waals surface area contributed by atoms with Crippen molar-refractivity contribution < 1.29 is 64.4 Å². The minimum absolute atomic E-state index is 0. The summed E-state index contributed by atoms with van der Waals surface area (Å²) in [6, 6.07) is 4.55. The first-order valence-electron chi connectivity index (χ1n) is 3.44. The Bertz CT molecular complexity index is 378. The van der Waals surface area contributed by atoms with E-state index in [-0.39, 0.29) is 56.3 Å². The fourth-order valence-electron chi connectivity index (χ4n) is 1.08. The van der Waals surface area contributed by atoms with Crippen LogP contribution in [0.5, 0.6) is 0 Å². The summed E-state index contributed by atoms with van der Waals surface area (Å²) in [5, 5.41) is 0. The van der Waals surface area contributed by atoms with E-state index in [1.54, 1.807) is 13.8 Å². The fourth-order valence-corrected chi connectivity index (χ4v) is 1.74. The molecule has 3 nitrogen and oxygen atoms in total. The average molecular weight is 224 g/mol. The van der Waals surface area contributed by atoms with Crippen molar-refractivity contribution >= 4 is 10.1 Å². The van der Waals surface area contributed by atoms with Gasteiger partial charge in [0.05, 0.1) is 4.90 Å². The van der Waals surface area contributed by atoms with Gasteiger partial charge >= 0.3 is 51.4 Å². The monoisotopic (exact) mass is 224 g/mol. The zero-order valence-electron chi connectivity index (χ0n) is 7.87. The van der Waals surface area contributed by atoms with Gasteiger partial charge in [0.15, 0.2) is 0 Å². The Balaban J connectivity index is 0.00000144. The van der Waals surface area contributed by atoms with Gasteiger partial charge in [-0.15, -0.1) is 0 Å². The molecule has 0 bridgehead atoms. The minimum Gasteiger partial charge on any atom is -0.744 e. The van der Waals surface area contributed by atoms with Gasteiger partial charge in [-0.1, -0.05) is 6.07 Å². The molecular formula is C8H9KO3S. The van der Waals surface area contributed by atoms with Gasteiger partial charge in [0.2, 0.25) is 0 Å². The third-order valence-electron chi connectivity index (χ3n) is 1.48.